The highest BCUT2D eigenvalue weighted by atomic mass is 31.2. The summed E-state index contributed by atoms with van der Waals surface area (Å²) in [6.45, 7) is 5.74. The molecule has 1 heterocycles. The van der Waals surface area contributed by atoms with Crippen LogP contribution in [0.1, 0.15) is 33.6 Å². The van der Waals surface area contributed by atoms with Gasteiger partial charge < -0.3 is 19.8 Å². The fourth-order valence-corrected chi connectivity index (χ4v) is 2.97. The van der Waals surface area contributed by atoms with E-state index in [1.54, 1.807) is 20.8 Å². The van der Waals surface area contributed by atoms with Gasteiger partial charge in [-0.15, -0.1) is 0 Å². The van der Waals surface area contributed by atoms with Crippen molar-refractivity contribution < 1.29 is 23.9 Å². The molecule has 1 saturated heterocycles. The molecule has 0 saturated carbocycles. The van der Waals surface area contributed by atoms with Crippen LogP contribution in [0.4, 0.5) is 0 Å². The Morgan fingerprint density at radius 2 is 2.00 bits per heavy atom. The third-order valence-corrected chi connectivity index (χ3v) is 3.94. The van der Waals surface area contributed by atoms with Crippen LogP contribution < -0.4 is 5.32 Å². The molecule has 0 radical (unpaired) electrons. The second kappa shape index (κ2) is 5.06. The Morgan fingerprint density at radius 3 is 2.47 bits per heavy atom. The van der Waals surface area contributed by atoms with Crippen LogP contribution in [0.15, 0.2) is 0 Å². The van der Waals surface area contributed by atoms with E-state index in [9.17, 15) is 19.1 Å². The van der Waals surface area contributed by atoms with Crippen molar-refractivity contribution in [3.8, 4) is 0 Å². The van der Waals surface area contributed by atoms with E-state index >= 15 is 0 Å². The maximum absolute atomic E-state index is 11.8. The van der Waals surface area contributed by atoms with Gasteiger partial charge in [-0.3, -0.25) is 9.36 Å². The van der Waals surface area contributed by atoms with Crippen LogP contribution in [0.25, 0.3) is 0 Å². The van der Waals surface area contributed by atoms with Crippen LogP contribution in [0.2, 0.25) is 0 Å². The van der Waals surface area contributed by atoms with Crippen LogP contribution in [0.5, 0.6) is 0 Å². The molecule has 1 rings (SSSR count). The Morgan fingerprint density at radius 1 is 1.41 bits per heavy atom. The van der Waals surface area contributed by atoms with Gasteiger partial charge in [0.05, 0.1) is 5.66 Å². The van der Waals surface area contributed by atoms with Gasteiger partial charge in [-0.2, -0.15) is 0 Å². The van der Waals surface area contributed by atoms with Gasteiger partial charge in [0.2, 0.25) is 0 Å². The third kappa shape index (κ3) is 4.39. The van der Waals surface area contributed by atoms with Gasteiger partial charge in [0, 0.05) is 0 Å². The summed E-state index contributed by atoms with van der Waals surface area (Å²) in [5.74, 6) is -0.592. The van der Waals surface area contributed by atoms with Gasteiger partial charge in [-0.25, -0.2) is 0 Å². The SMILES string of the molecule is CC(C)(C)OC(=O)C1NCCCC1P(=O)(O)O. The van der Waals surface area contributed by atoms with Crippen molar-refractivity contribution in [3.05, 3.63) is 0 Å². The van der Waals surface area contributed by atoms with Crippen molar-refractivity contribution in [2.75, 3.05) is 6.54 Å². The number of carbonyl (C=O) groups excluding carboxylic acids is 1. The molecule has 17 heavy (non-hydrogen) atoms. The molecule has 7 heteroatoms. The highest BCUT2D eigenvalue weighted by Gasteiger charge is 2.43. The molecule has 100 valence electrons. The molecule has 0 aromatic rings. The zero-order chi connectivity index (χ0) is 13.3. The number of nitrogens with one attached hydrogen (secondary N) is 1. The predicted molar refractivity (Wildman–Crippen MR) is 62.7 cm³/mol. The molecule has 6 nitrogen and oxygen atoms in total. The third-order valence-electron chi connectivity index (χ3n) is 2.52. The minimum atomic E-state index is -4.28. The number of carbonyl (C=O) groups is 1. The Kier molecular flexibility index (Phi) is 4.36. The quantitative estimate of drug-likeness (QED) is 0.500. The van der Waals surface area contributed by atoms with Crippen LogP contribution in [-0.4, -0.2) is 39.6 Å². The fourth-order valence-electron chi connectivity index (χ4n) is 1.84. The zero-order valence-electron chi connectivity index (χ0n) is 10.3. The first-order valence-corrected chi connectivity index (χ1v) is 7.31. The zero-order valence-corrected chi connectivity index (χ0v) is 11.2. The summed E-state index contributed by atoms with van der Waals surface area (Å²) >= 11 is 0. The Bertz CT molecular complexity index is 332. The summed E-state index contributed by atoms with van der Waals surface area (Å²) in [7, 11) is -4.28. The summed E-state index contributed by atoms with van der Waals surface area (Å²) < 4.78 is 16.5. The first-order chi connectivity index (χ1) is 7.61. The second-order valence-electron chi connectivity index (χ2n) is 5.26. The highest BCUT2D eigenvalue weighted by Crippen LogP contribution is 2.46. The lowest BCUT2D eigenvalue weighted by Gasteiger charge is -2.33. The van der Waals surface area contributed by atoms with E-state index in [1.807, 2.05) is 0 Å². The minimum absolute atomic E-state index is 0.335. The van der Waals surface area contributed by atoms with E-state index in [0.717, 1.165) is 0 Å². The Hall–Kier alpha value is -0.420. The predicted octanol–water partition coefficient (Wildman–Crippen LogP) is 0.626. The molecule has 2 atom stereocenters. The number of hydrogen-bond donors (Lipinski definition) is 3. The van der Waals surface area contributed by atoms with Crippen LogP contribution >= 0.6 is 7.60 Å². The van der Waals surface area contributed by atoms with Crippen molar-refractivity contribution >= 4 is 13.6 Å². The molecule has 0 aliphatic carbocycles. The topological polar surface area (TPSA) is 95.9 Å². The van der Waals surface area contributed by atoms with E-state index in [1.165, 1.54) is 0 Å². The van der Waals surface area contributed by atoms with Gasteiger partial charge in [-0.1, -0.05) is 0 Å². The number of piperidine rings is 1. The summed E-state index contributed by atoms with van der Waals surface area (Å²) in [6.07, 6.45) is 0.982. The Balaban J connectivity index is 2.79. The monoisotopic (exact) mass is 265 g/mol. The average Bonchev–Trinajstić information content (AvgIpc) is 2.13. The molecule has 0 aromatic carbocycles. The molecule has 3 N–H and O–H groups in total. The standard InChI is InChI=1S/C10H20NO5P/c1-10(2,3)16-9(12)8-7(17(13,14)15)5-4-6-11-8/h7-8,11H,4-6H2,1-3H3,(H2,13,14,15). The number of hydrogen-bond acceptors (Lipinski definition) is 4. The van der Waals surface area contributed by atoms with Gasteiger partial charge >= 0.3 is 13.6 Å². The number of ether oxygens (including phenoxy) is 1. The molecule has 1 aliphatic heterocycles. The molecule has 0 amide bonds. The molecule has 0 spiro atoms. The minimum Gasteiger partial charge on any atom is -0.459 e. The molecule has 0 aromatic heterocycles. The van der Waals surface area contributed by atoms with Crippen molar-refractivity contribution in [1.29, 1.82) is 0 Å². The van der Waals surface area contributed by atoms with Crippen molar-refractivity contribution in [3.63, 3.8) is 0 Å². The van der Waals surface area contributed by atoms with Crippen LogP contribution in [0.3, 0.4) is 0 Å². The summed E-state index contributed by atoms with van der Waals surface area (Å²) in [6, 6.07) is -0.913. The van der Waals surface area contributed by atoms with Gasteiger partial charge in [-0.05, 0) is 40.2 Å². The largest absolute Gasteiger partial charge is 0.459 e. The van der Waals surface area contributed by atoms with Gasteiger partial charge in [0.15, 0.2) is 0 Å². The van der Waals surface area contributed by atoms with E-state index in [4.69, 9.17) is 4.74 Å². The molecule has 1 aliphatic rings. The number of esters is 1. The maximum atomic E-state index is 11.8. The normalized spacial score (nSPS) is 26.6. The molecule has 2 unspecified atom stereocenters. The van der Waals surface area contributed by atoms with Crippen molar-refractivity contribution in [2.45, 2.75) is 50.9 Å². The van der Waals surface area contributed by atoms with E-state index < -0.39 is 30.9 Å². The summed E-state index contributed by atoms with van der Waals surface area (Å²) in [5, 5.41) is 2.83. The average molecular weight is 265 g/mol. The van der Waals surface area contributed by atoms with E-state index in [0.29, 0.717) is 19.4 Å². The highest BCUT2D eigenvalue weighted by molar-refractivity contribution is 7.52. The smallest absolute Gasteiger partial charge is 0.330 e. The molecular formula is C10H20NO5P. The summed E-state index contributed by atoms with van der Waals surface area (Å²) in [5.41, 5.74) is -1.64. The summed E-state index contributed by atoms with van der Waals surface area (Å²) in [4.78, 5) is 30.3. The molecule has 0 bridgehead atoms. The maximum Gasteiger partial charge on any atom is 0.330 e. The second-order valence-corrected chi connectivity index (χ2v) is 7.11. The van der Waals surface area contributed by atoms with E-state index in [2.05, 4.69) is 5.32 Å². The lowest BCUT2D eigenvalue weighted by atomic mass is 10.0. The lowest BCUT2D eigenvalue weighted by Crippen LogP contribution is -2.51. The van der Waals surface area contributed by atoms with E-state index in [-0.39, 0.29) is 0 Å². The van der Waals surface area contributed by atoms with Crippen molar-refractivity contribution in [2.24, 2.45) is 0 Å². The first kappa shape index (κ1) is 14.6. The fraction of sp³-hybridized carbons (Fsp3) is 0.900. The van der Waals surface area contributed by atoms with Gasteiger partial charge in [0.1, 0.15) is 11.6 Å². The number of rotatable bonds is 2. The van der Waals surface area contributed by atoms with Crippen LogP contribution in [0, 0.1) is 0 Å². The molecular weight excluding hydrogens is 245 g/mol. The Labute approximate surface area is 101 Å². The van der Waals surface area contributed by atoms with Crippen LogP contribution in [-0.2, 0) is 14.1 Å². The first-order valence-electron chi connectivity index (χ1n) is 5.63. The van der Waals surface area contributed by atoms with Crippen molar-refractivity contribution in [1.82, 2.24) is 5.32 Å². The lowest BCUT2D eigenvalue weighted by molar-refractivity contribution is -0.158. The molecule has 1 fully saturated rings. The van der Waals surface area contributed by atoms with Gasteiger partial charge in [0.25, 0.3) is 0 Å².